The van der Waals surface area contributed by atoms with Crippen molar-refractivity contribution < 1.29 is 19.1 Å². The van der Waals surface area contributed by atoms with Crippen molar-refractivity contribution in [1.82, 2.24) is 10.2 Å². The zero-order valence-corrected chi connectivity index (χ0v) is 27.7. The maximum atomic E-state index is 14.5. The molecule has 0 fully saturated rings. The van der Waals surface area contributed by atoms with Crippen molar-refractivity contribution in [2.75, 3.05) is 11.9 Å². The van der Waals surface area contributed by atoms with E-state index >= 15 is 0 Å². The number of benzene rings is 2. The molecule has 2 aromatic carbocycles. The van der Waals surface area contributed by atoms with Gasteiger partial charge in [0.25, 0.3) is 5.91 Å². The Morgan fingerprint density at radius 2 is 1.48 bits per heavy atom. The fourth-order valence-electron chi connectivity index (χ4n) is 5.05. The molecule has 0 spiro atoms. The summed E-state index contributed by atoms with van der Waals surface area (Å²) >= 11 is 6.51. The van der Waals surface area contributed by atoms with Crippen LogP contribution in [0.15, 0.2) is 36.4 Å². The number of unbranched alkanes of at least 4 members (excludes halogenated alkanes) is 4. The third-order valence-electron chi connectivity index (χ3n) is 7.24. The molecule has 2 rings (SSSR count). The number of aryl methyl sites for hydroxylation is 3. The van der Waals surface area contributed by atoms with Gasteiger partial charge in [0.1, 0.15) is 17.7 Å². The summed E-state index contributed by atoms with van der Waals surface area (Å²) < 4.78 is 5.50. The largest absolute Gasteiger partial charge is 0.444 e. The highest BCUT2D eigenvalue weighted by atomic mass is 35.5. The second-order valence-corrected chi connectivity index (χ2v) is 12.8. The molecule has 2 aromatic rings. The van der Waals surface area contributed by atoms with E-state index in [-0.39, 0.29) is 17.7 Å². The Labute approximate surface area is 257 Å². The number of ether oxygens (including phenoxy) is 1. The van der Waals surface area contributed by atoms with Crippen LogP contribution >= 0.6 is 11.6 Å². The van der Waals surface area contributed by atoms with Crippen LogP contribution in [0.3, 0.4) is 0 Å². The van der Waals surface area contributed by atoms with Crippen molar-refractivity contribution in [2.24, 2.45) is 5.92 Å². The average Bonchev–Trinajstić information content (AvgIpc) is 2.88. The minimum absolute atomic E-state index is 0.250. The lowest BCUT2D eigenvalue weighted by Crippen LogP contribution is -2.54. The quantitative estimate of drug-likeness (QED) is 0.227. The Hall–Kier alpha value is -3.06. The van der Waals surface area contributed by atoms with Crippen LogP contribution < -0.4 is 10.6 Å². The summed E-state index contributed by atoms with van der Waals surface area (Å²) in [6.07, 6.45) is 4.23. The van der Waals surface area contributed by atoms with Crippen molar-refractivity contribution in [3.05, 3.63) is 63.7 Å². The molecule has 0 radical (unpaired) electrons. The van der Waals surface area contributed by atoms with Crippen molar-refractivity contribution in [3.8, 4) is 0 Å². The summed E-state index contributed by atoms with van der Waals surface area (Å²) in [5, 5.41) is 6.27. The third kappa shape index (κ3) is 10.0. The number of amides is 3. The molecule has 2 N–H and O–H groups in total. The zero-order valence-electron chi connectivity index (χ0n) is 26.9. The predicted octanol–water partition coefficient (Wildman–Crippen LogP) is 8.29. The monoisotopic (exact) mass is 599 g/mol. The number of hydrogen-bond acceptors (Lipinski definition) is 4. The molecule has 3 amide bonds. The first-order valence-electron chi connectivity index (χ1n) is 15.1. The van der Waals surface area contributed by atoms with Gasteiger partial charge in [0.05, 0.1) is 10.7 Å². The van der Waals surface area contributed by atoms with Gasteiger partial charge in [-0.25, -0.2) is 4.79 Å². The Morgan fingerprint density at radius 3 is 2.02 bits per heavy atom. The van der Waals surface area contributed by atoms with Crippen LogP contribution in [0, 0.1) is 26.7 Å². The molecule has 0 saturated carbocycles. The lowest BCUT2D eigenvalue weighted by Gasteiger charge is -2.37. The van der Waals surface area contributed by atoms with Gasteiger partial charge >= 0.3 is 6.09 Å². The predicted molar refractivity (Wildman–Crippen MR) is 172 cm³/mol. The molecule has 0 saturated heterocycles. The van der Waals surface area contributed by atoms with Gasteiger partial charge in [0, 0.05) is 6.54 Å². The molecular formula is C34H50ClN3O4. The van der Waals surface area contributed by atoms with Gasteiger partial charge in [-0.3, -0.25) is 9.59 Å². The van der Waals surface area contributed by atoms with Crippen LogP contribution in [0.2, 0.25) is 5.02 Å². The Morgan fingerprint density at radius 1 is 0.905 bits per heavy atom. The van der Waals surface area contributed by atoms with Crippen molar-refractivity contribution in [3.63, 3.8) is 0 Å². The second kappa shape index (κ2) is 16.0. The molecular weight excluding hydrogens is 550 g/mol. The number of halogens is 1. The molecule has 0 heterocycles. The number of anilines is 1. The topological polar surface area (TPSA) is 87.7 Å². The van der Waals surface area contributed by atoms with E-state index in [0.717, 1.165) is 54.4 Å². The summed E-state index contributed by atoms with van der Waals surface area (Å²) in [6.45, 7) is 17.4. The fourth-order valence-corrected chi connectivity index (χ4v) is 5.32. The minimum Gasteiger partial charge on any atom is -0.444 e. The summed E-state index contributed by atoms with van der Waals surface area (Å²) in [5.41, 5.74) is 3.18. The maximum absolute atomic E-state index is 14.5. The molecule has 42 heavy (non-hydrogen) atoms. The second-order valence-electron chi connectivity index (χ2n) is 12.4. The number of carbonyl (C=O) groups excluding carboxylic acids is 3. The van der Waals surface area contributed by atoms with E-state index in [1.165, 1.54) is 0 Å². The molecule has 0 aliphatic rings. The first kappa shape index (κ1) is 35.1. The molecule has 2 atom stereocenters. The number of alkyl carbamates (subject to hydrolysis) is 1. The molecule has 0 bridgehead atoms. The van der Waals surface area contributed by atoms with E-state index in [1.807, 2.05) is 65.0 Å². The molecule has 0 aliphatic carbocycles. The smallest absolute Gasteiger partial charge is 0.408 e. The van der Waals surface area contributed by atoms with E-state index in [2.05, 4.69) is 17.6 Å². The lowest BCUT2D eigenvalue weighted by molar-refractivity contribution is -0.141. The van der Waals surface area contributed by atoms with Crippen molar-refractivity contribution >= 4 is 35.2 Å². The number of nitrogens with one attached hydrogen (secondary N) is 2. The Bertz CT molecular complexity index is 1180. The highest BCUT2D eigenvalue weighted by molar-refractivity contribution is 6.34. The standard InChI is InChI=1S/C34H50ClN3O4/c1-10-11-12-13-14-21-38(32(40)28(22(2)3)37-33(41)42-34(7,8)9)30(27-23(4)17-15-18-24(27)5)31(39)36-29-25(6)19-16-20-26(29)35/h15-20,22,28,30H,10-14,21H2,1-9H3,(H,36,39)(H,37,41). The Balaban J connectivity index is 2.63. The zero-order chi connectivity index (χ0) is 31.6. The summed E-state index contributed by atoms with van der Waals surface area (Å²) in [7, 11) is 0. The third-order valence-corrected chi connectivity index (χ3v) is 7.55. The van der Waals surface area contributed by atoms with Gasteiger partial charge in [0.2, 0.25) is 5.91 Å². The summed E-state index contributed by atoms with van der Waals surface area (Å²) in [4.78, 5) is 43.3. The van der Waals surface area contributed by atoms with Crippen LogP contribution in [0.25, 0.3) is 0 Å². The van der Waals surface area contributed by atoms with Gasteiger partial charge in [-0.1, -0.05) is 88.4 Å². The molecule has 2 unspecified atom stereocenters. The van der Waals surface area contributed by atoms with Crippen LogP contribution in [0.1, 0.15) is 102 Å². The van der Waals surface area contributed by atoms with E-state index in [9.17, 15) is 14.4 Å². The van der Waals surface area contributed by atoms with E-state index < -0.39 is 23.8 Å². The highest BCUT2D eigenvalue weighted by Gasteiger charge is 2.38. The number of nitrogens with zero attached hydrogens (tertiary/aromatic N) is 1. The normalized spacial score (nSPS) is 12.9. The molecule has 232 valence electrons. The molecule has 8 heteroatoms. The van der Waals surface area contributed by atoms with Crippen molar-refractivity contribution in [1.29, 1.82) is 0 Å². The molecule has 0 aromatic heterocycles. The van der Waals surface area contributed by atoms with Crippen LogP contribution in [-0.4, -0.2) is 41.0 Å². The van der Waals surface area contributed by atoms with Gasteiger partial charge < -0.3 is 20.3 Å². The fraction of sp³-hybridized carbons (Fsp3) is 0.559. The lowest BCUT2D eigenvalue weighted by atomic mass is 9.92. The van der Waals surface area contributed by atoms with Gasteiger partial charge in [-0.05, 0) is 82.2 Å². The van der Waals surface area contributed by atoms with Gasteiger partial charge in [0.15, 0.2) is 0 Å². The van der Waals surface area contributed by atoms with Crippen LogP contribution in [-0.2, 0) is 14.3 Å². The number of hydrogen-bond donors (Lipinski definition) is 2. The van der Waals surface area contributed by atoms with Crippen LogP contribution in [0.5, 0.6) is 0 Å². The summed E-state index contributed by atoms with van der Waals surface area (Å²) in [5.74, 6) is -0.935. The van der Waals surface area contributed by atoms with E-state index in [1.54, 1.807) is 31.7 Å². The first-order valence-corrected chi connectivity index (χ1v) is 15.5. The number of para-hydroxylation sites is 1. The SMILES string of the molecule is CCCCCCCN(C(=O)C(NC(=O)OC(C)(C)C)C(C)C)C(C(=O)Nc1c(C)cccc1Cl)c1c(C)cccc1C. The number of carbonyl (C=O) groups is 3. The van der Waals surface area contributed by atoms with Crippen molar-refractivity contribution in [2.45, 2.75) is 112 Å². The van der Waals surface area contributed by atoms with Gasteiger partial charge in [-0.15, -0.1) is 0 Å². The Kier molecular flexibility index (Phi) is 13.4. The average molecular weight is 600 g/mol. The van der Waals surface area contributed by atoms with E-state index in [0.29, 0.717) is 17.3 Å². The maximum Gasteiger partial charge on any atom is 0.408 e. The van der Waals surface area contributed by atoms with E-state index in [4.69, 9.17) is 16.3 Å². The molecule has 0 aliphatic heterocycles. The van der Waals surface area contributed by atoms with Gasteiger partial charge in [-0.2, -0.15) is 0 Å². The highest BCUT2D eigenvalue weighted by Crippen LogP contribution is 2.33. The minimum atomic E-state index is -0.942. The summed E-state index contributed by atoms with van der Waals surface area (Å²) in [6, 6.07) is 9.45. The van der Waals surface area contributed by atoms with Crippen LogP contribution in [0.4, 0.5) is 10.5 Å². The first-order chi connectivity index (χ1) is 19.7. The number of rotatable bonds is 13. The molecule has 7 nitrogen and oxygen atoms in total.